The van der Waals surface area contributed by atoms with Crippen molar-refractivity contribution >= 4 is 11.6 Å². The van der Waals surface area contributed by atoms with Crippen molar-refractivity contribution in [3.63, 3.8) is 0 Å². The van der Waals surface area contributed by atoms with Crippen LogP contribution in [0.15, 0.2) is 48.9 Å². The van der Waals surface area contributed by atoms with Crippen LogP contribution in [0.25, 0.3) is 0 Å². The van der Waals surface area contributed by atoms with Gasteiger partial charge < -0.3 is 24.2 Å². The van der Waals surface area contributed by atoms with Gasteiger partial charge in [0.25, 0.3) is 0 Å². The highest BCUT2D eigenvalue weighted by molar-refractivity contribution is 5.48. The Balaban J connectivity index is 0.000000184. The smallest absolute Gasteiger partial charge is 0.132 e. The fraction of sp³-hybridized carbons (Fsp3) is 0.625. The minimum Gasteiger partial charge on any atom is -0.496 e. The predicted molar refractivity (Wildman–Crippen MR) is 204 cm³/mol. The standard InChI is InChI=1S/C19H32N4O.C12H18N2O.C9H13N/c1-15(2)17-14-20-19(13-18(17)24-4)23-7-5-16(6-8-23)22-11-9-21(3)10-12-22;1-10(2)11-3-4-12(13-9-11)14-5-7-15-8-6-14;1-7(2)9-5-4-8(3)10-6-9/h13-16H,5-12H2,1-4H3;3-4,9-10H,5-8H2,1-2H3;4-7H,1-3H3. The highest BCUT2D eigenvalue weighted by atomic mass is 16.5. The molecule has 9 nitrogen and oxygen atoms in total. The Bertz CT molecular complexity index is 1360. The van der Waals surface area contributed by atoms with Crippen LogP contribution < -0.4 is 14.5 Å². The summed E-state index contributed by atoms with van der Waals surface area (Å²) >= 11 is 0. The number of aromatic nitrogens is 3. The van der Waals surface area contributed by atoms with Crippen molar-refractivity contribution in [3.8, 4) is 5.75 Å². The van der Waals surface area contributed by atoms with Crippen LogP contribution in [0, 0.1) is 6.92 Å². The molecule has 0 N–H and O–H groups in total. The summed E-state index contributed by atoms with van der Waals surface area (Å²) in [5.74, 6) is 4.68. The first-order valence-electron chi connectivity index (χ1n) is 18.5. The number of piperidine rings is 1. The van der Waals surface area contributed by atoms with Gasteiger partial charge in [-0.2, -0.15) is 0 Å². The third-order valence-electron chi connectivity index (χ3n) is 9.94. The van der Waals surface area contributed by atoms with Crippen LogP contribution in [0.5, 0.6) is 5.75 Å². The highest BCUT2D eigenvalue weighted by Gasteiger charge is 2.27. The van der Waals surface area contributed by atoms with Crippen LogP contribution in [0.2, 0.25) is 0 Å². The van der Waals surface area contributed by atoms with Crippen molar-refractivity contribution in [2.45, 2.75) is 85.1 Å². The lowest BCUT2D eigenvalue weighted by Crippen LogP contribution is -2.52. The number of pyridine rings is 3. The summed E-state index contributed by atoms with van der Waals surface area (Å²) in [7, 11) is 3.98. The van der Waals surface area contributed by atoms with Crippen molar-refractivity contribution < 1.29 is 9.47 Å². The topological polar surface area (TPSA) is 70.1 Å². The van der Waals surface area contributed by atoms with E-state index >= 15 is 0 Å². The molecule has 3 aromatic heterocycles. The first-order chi connectivity index (χ1) is 23.5. The lowest BCUT2D eigenvalue weighted by molar-refractivity contribution is 0.0981. The van der Waals surface area contributed by atoms with Crippen molar-refractivity contribution in [3.05, 3.63) is 71.3 Å². The first-order valence-corrected chi connectivity index (χ1v) is 18.5. The fourth-order valence-electron chi connectivity index (χ4n) is 6.41. The van der Waals surface area contributed by atoms with Gasteiger partial charge in [-0.05, 0) is 67.8 Å². The zero-order valence-electron chi connectivity index (χ0n) is 31.9. The Morgan fingerprint density at radius 2 is 1.24 bits per heavy atom. The van der Waals surface area contributed by atoms with Gasteiger partial charge in [0.2, 0.25) is 0 Å². The number of aryl methyl sites for hydroxylation is 1. The minimum absolute atomic E-state index is 0.435. The molecule has 0 aromatic carbocycles. The molecule has 0 amide bonds. The van der Waals surface area contributed by atoms with E-state index in [4.69, 9.17) is 14.5 Å². The van der Waals surface area contributed by atoms with E-state index in [0.717, 1.165) is 68.5 Å². The van der Waals surface area contributed by atoms with Crippen LogP contribution in [0.1, 0.15) is 94.5 Å². The maximum absolute atomic E-state index is 5.58. The third kappa shape index (κ3) is 11.6. The van der Waals surface area contributed by atoms with Crippen LogP contribution in [0.3, 0.4) is 0 Å². The van der Waals surface area contributed by atoms with Gasteiger partial charge in [-0.1, -0.05) is 53.7 Å². The quantitative estimate of drug-likeness (QED) is 0.264. The van der Waals surface area contributed by atoms with Crippen molar-refractivity contribution in [1.82, 2.24) is 24.8 Å². The maximum Gasteiger partial charge on any atom is 0.132 e. The van der Waals surface area contributed by atoms with E-state index in [0.29, 0.717) is 17.8 Å². The average Bonchev–Trinajstić information content (AvgIpc) is 3.13. The highest BCUT2D eigenvalue weighted by Crippen LogP contribution is 2.30. The second kappa shape index (κ2) is 19.2. The van der Waals surface area contributed by atoms with Gasteiger partial charge in [0.15, 0.2) is 0 Å². The summed E-state index contributed by atoms with van der Waals surface area (Å²) in [5.41, 5.74) is 4.88. The first kappa shape index (κ1) is 38.5. The molecule has 0 radical (unpaired) electrons. The number of rotatable bonds is 7. The third-order valence-corrected chi connectivity index (χ3v) is 9.94. The molecule has 0 atom stereocenters. The van der Waals surface area contributed by atoms with Crippen molar-refractivity contribution in [2.24, 2.45) is 0 Å². The molecule has 3 saturated heterocycles. The molecule has 3 aliphatic rings. The summed E-state index contributed by atoms with van der Waals surface area (Å²) < 4.78 is 10.9. The molecule has 3 aromatic rings. The van der Waals surface area contributed by atoms with Crippen LogP contribution in [-0.2, 0) is 4.74 Å². The molecule has 0 aliphatic carbocycles. The lowest BCUT2D eigenvalue weighted by Gasteiger charge is -2.42. The number of ether oxygens (including phenoxy) is 2. The number of methoxy groups -OCH3 is 1. The largest absolute Gasteiger partial charge is 0.496 e. The van der Waals surface area contributed by atoms with E-state index in [9.17, 15) is 0 Å². The number of hydrogen-bond donors (Lipinski definition) is 0. The molecule has 0 unspecified atom stereocenters. The normalized spacial score (nSPS) is 17.9. The molecule has 0 spiro atoms. The summed E-state index contributed by atoms with van der Waals surface area (Å²) in [6.07, 6.45) is 8.39. The van der Waals surface area contributed by atoms with Crippen molar-refractivity contribution in [1.29, 1.82) is 0 Å². The van der Waals surface area contributed by atoms with Crippen LogP contribution >= 0.6 is 0 Å². The molecule has 9 heteroatoms. The fourth-order valence-corrected chi connectivity index (χ4v) is 6.41. The van der Waals surface area contributed by atoms with E-state index in [1.165, 1.54) is 55.7 Å². The maximum atomic E-state index is 5.58. The molecule has 6 heterocycles. The number of nitrogens with zero attached hydrogens (tertiary/aromatic N) is 7. The van der Waals surface area contributed by atoms with E-state index in [-0.39, 0.29) is 0 Å². The Kier molecular flexibility index (Phi) is 15.1. The molecule has 270 valence electrons. The number of hydrogen-bond acceptors (Lipinski definition) is 9. The molecule has 0 saturated carbocycles. The Labute approximate surface area is 297 Å². The Hall–Kier alpha value is -3.27. The molecule has 3 aliphatic heterocycles. The van der Waals surface area contributed by atoms with E-state index in [2.05, 4.69) is 108 Å². The molecule has 0 bridgehead atoms. The summed E-state index contributed by atoms with van der Waals surface area (Å²) in [5, 5.41) is 0. The Morgan fingerprint density at radius 3 is 1.76 bits per heavy atom. The Morgan fingerprint density at radius 1 is 0.673 bits per heavy atom. The monoisotopic (exact) mass is 674 g/mol. The summed E-state index contributed by atoms with van der Waals surface area (Å²) in [6, 6.07) is 11.3. The summed E-state index contributed by atoms with van der Waals surface area (Å²) in [4.78, 5) is 23.2. The molecule has 3 fully saturated rings. The van der Waals surface area contributed by atoms with Gasteiger partial charge in [0.1, 0.15) is 17.4 Å². The van der Waals surface area contributed by atoms with Gasteiger partial charge in [0, 0.05) is 94.3 Å². The van der Waals surface area contributed by atoms with E-state index in [1.807, 2.05) is 25.5 Å². The number of likely N-dealkylation sites (N-methyl/N-ethyl adjacent to an activating group) is 1. The van der Waals surface area contributed by atoms with Gasteiger partial charge in [-0.3, -0.25) is 9.88 Å². The van der Waals surface area contributed by atoms with Gasteiger partial charge >= 0.3 is 0 Å². The van der Waals surface area contributed by atoms with Crippen molar-refractivity contribution in [2.75, 3.05) is 89.5 Å². The zero-order chi connectivity index (χ0) is 35.3. The van der Waals surface area contributed by atoms with Crippen LogP contribution in [0.4, 0.5) is 11.6 Å². The second-order valence-electron chi connectivity index (χ2n) is 14.6. The summed E-state index contributed by atoms with van der Waals surface area (Å²) in [6.45, 7) is 25.6. The molecular weight excluding hydrogens is 610 g/mol. The van der Waals surface area contributed by atoms with E-state index in [1.54, 1.807) is 7.11 Å². The molecule has 49 heavy (non-hydrogen) atoms. The number of piperazine rings is 1. The zero-order valence-corrected chi connectivity index (χ0v) is 31.9. The van der Waals surface area contributed by atoms with Crippen LogP contribution in [-0.4, -0.2) is 111 Å². The molecular formula is C40H63N7O2. The number of anilines is 2. The average molecular weight is 674 g/mol. The van der Waals surface area contributed by atoms with E-state index < -0.39 is 0 Å². The predicted octanol–water partition coefficient (Wildman–Crippen LogP) is 6.98. The molecule has 6 rings (SSSR count). The minimum atomic E-state index is 0.435. The second-order valence-corrected chi connectivity index (χ2v) is 14.6. The lowest BCUT2D eigenvalue weighted by atomic mass is 10.0. The van der Waals surface area contributed by atoms with Gasteiger partial charge in [-0.15, -0.1) is 0 Å². The van der Waals surface area contributed by atoms with Gasteiger partial charge in [-0.25, -0.2) is 9.97 Å². The SMILES string of the molecule is CC(C)c1ccc(N2CCOCC2)nc1.COc1cc(N2CCC(N3CCN(C)CC3)CC2)ncc1C(C)C.Cc1ccc(C(C)C)cn1. The van der Waals surface area contributed by atoms with Gasteiger partial charge in [0.05, 0.1) is 20.3 Å². The number of morpholine rings is 1.